The molecule has 1 aromatic carbocycles. The van der Waals surface area contributed by atoms with E-state index in [0.29, 0.717) is 45.6 Å². The Morgan fingerprint density at radius 3 is 2.22 bits per heavy atom. The third-order valence-electron chi connectivity index (χ3n) is 6.78. The lowest BCUT2D eigenvalue weighted by Crippen LogP contribution is -2.55. The molecule has 6 nitrogen and oxygen atoms in total. The van der Waals surface area contributed by atoms with Crippen molar-refractivity contribution in [1.29, 1.82) is 0 Å². The van der Waals surface area contributed by atoms with Gasteiger partial charge in [-0.3, -0.25) is 9.69 Å². The number of aliphatic hydroxyl groups is 1. The summed E-state index contributed by atoms with van der Waals surface area (Å²) in [6, 6.07) is 11.9. The quantitative estimate of drug-likeness (QED) is 0.769. The number of nitrogens with zero attached hydrogens (tertiary/aromatic N) is 4. The third kappa shape index (κ3) is 5.33. The van der Waals surface area contributed by atoms with Crippen molar-refractivity contribution in [3.63, 3.8) is 0 Å². The SMILES string of the molecule is CC.O=C(N1CCC(CO)(c2ccccc2)CC1)C1(F)CCN(Cc2ccnnc2)CC1. The molecule has 0 unspecified atom stereocenters. The topological polar surface area (TPSA) is 69.6 Å². The first-order valence-electron chi connectivity index (χ1n) is 11.7. The van der Waals surface area contributed by atoms with Gasteiger partial charge in [-0.2, -0.15) is 10.2 Å². The van der Waals surface area contributed by atoms with Gasteiger partial charge in [-0.25, -0.2) is 4.39 Å². The maximum absolute atomic E-state index is 15.6. The molecule has 3 heterocycles. The Kier molecular flexibility index (Phi) is 8.32. The van der Waals surface area contributed by atoms with Crippen LogP contribution in [0.15, 0.2) is 48.8 Å². The summed E-state index contributed by atoms with van der Waals surface area (Å²) >= 11 is 0. The van der Waals surface area contributed by atoms with Gasteiger partial charge in [0.1, 0.15) is 0 Å². The number of carbonyl (C=O) groups excluding carboxylic acids is 1. The number of piperidine rings is 2. The molecule has 1 aromatic heterocycles. The maximum Gasteiger partial charge on any atom is 0.260 e. The maximum atomic E-state index is 15.6. The van der Waals surface area contributed by atoms with Crippen LogP contribution < -0.4 is 0 Å². The van der Waals surface area contributed by atoms with Crippen LogP contribution in [-0.4, -0.2) is 69.5 Å². The molecule has 4 rings (SSSR count). The average molecular weight is 443 g/mol. The summed E-state index contributed by atoms with van der Waals surface area (Å²) in [4.78, 5) is 16.9. The predicted octanol–water partition coefficient (Wildman–Crippen LogP) is 3.36. The van der Waals surface area contributed by atoms with E-state index in [1.165, 1.54) is 0 Å². The molecule has 1 N–H and O–H groups in total. The summed E-state index contributed by atoms with van der Waals surface area (Å²) in [5.74, 6) is -0.382. The molecule has 2 aromatic rings. The Morgan fingerprint density at radius 2 is 1.66 bits per heavy atom. The molecule has 2 aliphatic rings. The van der Waals surface area contributed by atoms with Crippen LogP contribution in [0.2, 0.25) is 0 Å². The highest BCUT2D eigenvalue weighted by molar-refractivity contribution is 5.85. The summed E-state index contributed by atoms with van der Waals surface area (Å²) in [5.41, 5.74) is -0.00368. The highest BCUT2D eigenvalue weighted by Crippen LogP contribution is 2.37. The number of hydrogen-bond donors (Lipinski definition) is 1. The monoisotopic (exact) mass is 442 g/mol. The Morgan fingerprint density at radius 1 is 1.00 bits per heavy atom. The first kappa shape index (κ1) is 24.3. The van der Waals surface area contributed by atoms with Gasteiger partial charge in [0.05, 0.1) is 12.8 Å². The third-order valence-corrected chi connectivity index (χ3v) is 6.78. The summed E-state index contributed by atoms with van der Waals surface area (Å²) in [6.45, 7) is 6.78. The first-order chi connectivity index (χ1) is 15.5. The second kappa shape index (κ2) is 11.0. The Hall–Kier alpha value is -2.38. The van der Waals surface area contributed by atoms with Crippen LogP contribution in [0, 0.1) is 0 Å². The fourth-order valence-corrected chi connectivity index (χ4v) is 4.70. The van der Waals surface area contributed by atoms with Crippen LogP contribution in [0.25, 0.3) is 0 Å². The van der Waals surface area contributed by atoms with Crippen molar-refractivity contribution in [2.45, 2.75) is 57.2 Å². The second-order valence-electron chi connectivity index (χ2n) is 8.59. The van der Waals surface area contributed by atoms with E-state index in [9.17, 15) is 9.90 Å². The van der Waals surface area contributed by atoms with Crippen molar-refractivity contribution in [2.24, 2.45) is 0 Å². The van der Waals surface area contributed by atoms with Gasteiger partial charge in [0.15, 0.2) is 5.67 Å². The Bertz CT molecular complexity index is 834. The zero-order valence-corrected chi connectivity index (χ0v) is 19.2. The fraction of sp³-hybridized carbons (Fsp3) is 0.560. The number of hydrogen-bond acceptors (Lipinski definition) is 5. The van der Waals surface area contributed by atoms with E-state index >= 15 is 4.39 Å². The minimum Gasteiger partial charge on any atom is -0.395 e. The van der Waals surface area contributed by atoms with Crippen LogP contribution in [-0.2, 0) is 16.8 Å². The molecule has 2 aliphatic heterocycles. The molecule has 2 fully saturated rings. The number of amides is 1. The van der Waals surface area contributed by atoms with Gasteiger partial charge in [0, 0.05) is 57.2 Å². The Labute approximate surface area is 190 Å². The number of alkyl halides is 1. The van der Waals surface area contributed by atoms with Gasteiger partial charge in [-0.05, 0) is 30.0 Å². The van der Waals surface area contributed by atoms with Crippen molar-refractivity contribution in [3.8, 4) is 0 Å². The van der Waals surface area contributed by atoms with Crippen molar-refractivity contribution in [1.82, 2.24) is 20.0 Å². The number of halogens is 1. The van der Waals surface area contributed by atoms with Crippen molar-refractivity contribution in [3.05, 3.63) is 59.9 Å². The lowest BCUT2D eigenvalue weighted by atomic mass is 9.73. The molecule has 0 saturated carbocycles. The fourth-order valence-electron chi connectivity index (χ4n) is 4.70. The number of likely N-dealkylation sites (tertiary alicyclic amines) is 2. The summed E-state index contributed by atoms with van der Waals surface area (Å²) in [6.07, 6.45) is 5.10. The highest BCUT2D eigenvalue weighted by atomic mass is 19.1. The highest BCUT2D eigenvalue weighted by Gasteiger charge is 2.46. The second-order valence-corrected chi connectivity index (χ2v) is 8.59. The molecule has 174 valence electrons. The minimum absolute atomic E-state index is 0.0403. The smallest absolute Gasteiger partial charge is 0.260 e. The molecule has 0 atom stereocenters. The first-order valence-corrected chi connectivity index (χ1v) is 11.7. The predicted molar refractivity (Wildman–Crippen MR) is 123 cm³/mol. The molecule has 7 heteroatoms. The number of benzene rings is 1. The number of rotatable bonds is 5. The van der Waals surface area contributed by atoms with E-state index in [2.05, 4.69) is 15.1 Å². The number of aliphatic hydroxyl groups excluding tert-OH is 1. The molecular weight excluding hydrogens is 407 g/mol. The van der Waals surface area contributed by atoms with Gasteiger partial charge in [0.2, 0.25) is 0 Å². The average Bonchev–Trinajstić information content (AvgIpc) is 2.87. The van der Waals surface area contributed by atoms with Crippen LogP contribution in [0.1, 0.15) is 50.7 Å². The van der Waals surface area contributed by atoms with Crippen molar-refractivity contribution in [2.75, 3.05) is 32.8 Å². The van der Waals surface area contributed by atoms with Crippen LogP contribution >= 0.6 is 0 Å². The molecule has 1 amide bonds. The number of aromatic nitrogens is 2. The molecule has 32 heavy (non-hydrogen) atoms. The van der Waals surface area contributed by atoms with Gasteiger partial charge in [0.25, 0.3) is 5.91 Å². The Balaban J connectivity index is 0.00000141. The van der Waals surface area contributed by atoms with Crippen LogP contribution in [0.5, 0.6) is 0 Å². The zero-order valence-electron chi connectivity index (χ0n) is 19.2. The van der Waals surface area contributed by atoms with E-state index in [0.717, 1.165) is 11.1 Å². The molecule has 0 bridgehead atoms. The van der Waals surface area contributed by atoms with Gasteiger partial charge >= 0.3 is 0 Å². The standard InChI is InChI=1S/C23H29FN4O2.C2H6/c24-23(9-12-27(13-10-23)17-19-6-11-25-26-16-19)21(30)28-14-7-22(18-29,8-15-28)20-4-2-1-3-5-20;1-2/h1-6,11,16,29H,7-10,12-15,17-18H2;1-2H3. The van der Waals surface area contributed by atoms with Gasteiger partial charge in [-0.15, -0.1) is 0 Å². The van der Waals surface area contributed by atoms with E-state index < -0.39 is 5.67 Å². The normalized spacial score (nSPS) is 20.2. The van der Waals surface area contributed by atoms with E-state index in [4.69, 9.17) is 0 Å². The van der Waals surface area contributed by atoms with Gasteiger partial charge < -0.3 is 10.0 Å². The van der Waals surface area contributed by atoms with Crippen LogP contribution in [0.3, 0.4) is 0 Å². The van der Waals surface area contributed by atoms with E-state index in [1.54, 1.807) is 17.3 Å². The summed E-state index contributed by atoms with van der Waals surface area (Å²) < 4.78 is 15.6. The number of carbonyl (C=O) groups is 1. The van der Waals surface area contributed by atoms with Gasteiger partial charge in [-0.1, -0.05) is 44.2 Å². The lowest BCUT2D eigenvalue weighted by Gasteiger charge is -2.44. The summed E-state index contributed by atoms with van der Waals surface area (Å²) in [7, 11) is 0. The largest absolute Gasteiger partial charge is 0.395 e. The zero-order chi connectivity index (χ0) is 23.0. The molecular formula is C25H35FN4O2. The van der Waals surface area contributed by atoms with Crippen molar-refractivity contribution < 1.29 is 14.3 Å². The molecule has 0 radical (unpaired) electrons. The lowest BCUT2D eigenvalue weighted by molar-refractivity contribution is -0.149. The van der Waals surface area contributed by atoms with Crippen molar-refractivity contribution >= 4 is 5.91 Å². The minimum atomic E-state index is -1.79. The molecule has 0 aliphatic carbocycles. The summed E-state index contributed by atoms with van der Waals surface area (Å²) in [5, 5.41) is 17.7. The molecule has 0 spiro atoms. The van der Waals surface area contributed by atoms with E-state index in [-0.39, 0.29) is 30.8 Å². The van der Waals surface area contributed by atoms with Crippen LogP contribution in [0.4, 0.5) is 4.39 Å². The van der Waals surface area contributed by atoms with E-state index in [1.807, 2.05) is 50.2 Å². The molecule has 2 saturated heterocycles.